The molecule has 0 aliphatic carbocycles. The topological polar surface area (TPSA) is 24.5 Å². The summed E-state index contributed by atoms with van der Waals surface area (Å²) >= 11 is 0. The molecule has 1 saturated heterocycles. The van der Waals surface area contributed by atoms with Crippen molar-refractivity contribution in [3.05, 3.63) is 29.3 Å². The second-order valence-corrected chi connectivity index (χ2v) is 6.32. The van der Waals surface area contributed by atoms with Gasteiger partial charge in [-0.3, -0.25) is 0 Å². The van der Waals surface area contributed by atoms with Gasteiger partial charge in [-0.1, -0.05) is 12.5 Å². The lowest BCUT2D eigenvalue weighted by atomic mass is 10.0. The molecule has 1 aromatic carbocycles. The number of piperidine rings is 1. The van der Waals surface area contributed by atoms with Crippen molar-refractivity contribution in [2.45, 2.75) is 45.1 Å². The normalized spacial score (nSPS) is 18.1. The Labute approximate surface area is 153 Å². The van der Waals surface area contributed by atoms with Crippen LogP contribution in [0.25, 0.3) is 0 Å². The standard InChI is InChI=1S/C18H28N2O.2ClH/c1-2-10-20(11-3-1)12-5-13-21-18-8-7-17-15-19-9-4-6-16(17)14-18;;/h7-8,14,19H,1-6,9-13,15H2;2*1H. The van der Waals surface area contributed by atoms with E-state index < -0.39 is 0 Å². The Balaban J connectivity index is 0.00000132. The van der Waals surface area contributed by atoms with Crippen LogP contribution in [0.1, 0.15) is 43.2 Å². The van der Waals surface area contributed by atoms with Gasteiger partial charge in [0.25, 0.3) is 0 Å². The molecule has 0 unspecified atom stereocenters. The van der Waals surface area contributed by atoms with Gasteiger partial charge in [-0.05, 0) is 75.0 Å². The quantitative estimate of drug-likeness (QED) is 0.807. The molecule has 0 saturated carbocycles. The van der Waals surface area contributed by atoms with Gasteiger partial charge >= 0.3 is 0 Å². The van der Waals surface area contributed by atoms with E-state index in [0.29, 0.717) is 0 Å². The first-order chi connectivity index (χ1) is 10.4. The third-order valence-electron chi connectivity index (χ3n) is 4.63. The van der Waals surface area contributed by atoms with Crippen LogP contribution in [-0.4, -0.2) is 37.7 Å². The fourth-order valence-electron chi connectivity index (χ4n) is 3.39. The van der Waals surface area contributed by atoms with Crippen LogP contribution < -0.4 is 10.1 Å². The molecule has 132 valence electrons. The third kappa shape index (κ3) is 6.50. The van der Waals surface area contributed by atoms with Gasteiger partial charge in [0.1, 0.15) is 5.75 Å². The molecule has 5 heteroatoms. The van der Waals surface area contributed by atoms with E-state index in [0.717, 1.165) is 31.9 Å². The Kier molecular flexibility index (Phi) is 9.96. The number of aryl methyl sites for hydroxylation is 1. The van der Waals surface area contributed by atoms with E-state index in [1.807, 2.05) is 0 Å². The van der Waals surface area contributed by atoms with Gasteiger partial charge in [0.05, 0.1) is 6.61 Å². The van der Waals surface area contributed by atoms with Gasteiger partial charge in [-0.2, -0.15) is 0 Å². The van der Waals surface area contributed by atoms with Crippen LogP contribution in [0, 0.1) is 0 Å². The molecule has 2 aliphatic heterocycles. The van der Waals surface area contributed by atoms with Crippen LogP contribution in [0.5, 0.6) is 5.75 Å². The highest BCUT2D eigenvalue weighted by molar-refractivity contribution is 5.85. The minimum Gasteiger partial charge on any atom is -0.494 e. The van der Waals surface area contributed by atoms with E-state index in [2.05, 4.69) is 28.4 Å². The Morgan fingerprint density at radius 2 is 1.83 bits per heavy atom. The van der Waals surface area contributed by atoms with Crippen molar-refractivity contribution in [2.75, 3.05) is 32.8 Å². The van der Waals surface area contributed by atoms with E-state index >= 15 is 0 Å². The summed E-state index contributed by atoms with van der Waals surface area (Å²) in [5.41, 5.74) is 2.90. The number of benzene rings is 1. The van der Waals surface area contributed by atoms with Crippen LogP contribution in [0.15, 0.2) is 18.2 Å². The Morgan fingerprint density at radius 3 is 2.65 bits per heavy atom. The molecular formula is C18H30Cl2N2O. The second kappa shape index (κ2) is 11.1. The molecule has 0 aromatic heterocycles. The molecule has 0 spiro atoms. The molecule has 1 aromatic rings. The fraction of sp³-hybridized carbons (Fsp3) is 0.667. The zero-order valence-electron chi connectivity index (χ0n) is 13.9. The van der Waals surface area contributed by atoms with Gasteiger partial charge in [0.15, 0.2) is 0 Å². The largest absolute Gasteiger partial charge is 0.494 e. The molecule has 2 heterocycles. The number of hydrogen-bond donors (Lipinski definition) is 1. The number of ether oxygens (including phenoxy) is 1. The molecule has 23 heavy (non-hydrogen) atoms. The summed E-state index contributed by atoms with van der Waals surface area (Å²) in [5, 5.41) is 3.47. The zero-order chi connectivity index (χ0) is 14.3. The maximum atomic E-state index is 5.96. The van der Waals surface area contributed by atoms with Crippen molar-refractivity contribution in [3.8, 4) is 5.75 Å². The molecule has 3 rings (SSSR count). The summed E-state index contributed by atoms with van der Waals surface area (Å²) < 4.78 is 5.96. The van der Waals surface area contributed by atoms with Crippen LogP contribution in [-0.2, 0) is 13.0 Å². The van der Waals surface area contributed by atoms with Crippen LogP contribution >= 0.6 is 24.8 Å². The zero-order valence-corrected chi connectivity index (χ0v) is 15.5. The molecule has 0 radical (unpaired) electrons. The summed E-state index contributed by atoms with van der Waals surface area (Å²) in [6, 6.07) is 6.61. The highest BCUT2D eigenvalue weighted by Gasteiger charge is 2.10. The van der Waals surface area contributed by atoms with Crippen molar-refractivity contribution >= 4 is 24.8 Å². The van der Waals surface area contributed by atoms with Crippen molar-refractivity contribution in [1.82, 2.24) is 10.2 Å². The number of rotatable bonds is 5. The lowest BCUT2D eigenvalue weighted by Crippen LogP contribution is -2.31. The van der Waals surface area contributed by atoms with Crippen molar-refractivity contribution in [1.29, 1.82) is 0 Å². The van der Waals surface area contributed by atoms with E-state index in [1.54, 1.807) is 0 Å². The molecule has 1 N–H and O–H groups in total. The molecule has 0 amide bonds. The summed E-state index contributed by atoms with van der Waals surface area (Å²) in [6.45, 7) is 6.73. The van der Waals surface area contributed by atoms with Gasteiger partial charge in [-0.25, -0.2) is 0 Å². The van der Waals surface area contributed by atoms with Crippen molar-refractivity contribution < 1.29 is 4.74 Å². The number of fused-ring (bicyclic) bond motifs is 1. The first-order valence-electron chi connectivity index (χ1n) is 8.59. The van der Waals surface area contributed by atoms with Gasteiger partial charge in [0, 0.05) is 13.1 Å². The van der Waals surface area contributed by atoms with Crippen LogP contribution in [0.2, 0.25) is 0 Å². The lowest BCUT2D eigenvalue weighted by Gasteiger charge is -2.26. The smallest absolute Gasteiger partial charge is 0.119 e. The van der Waals surface area contributed by atoms with E-state index in [4.69, 9.17) is 4.74 Å². The van der Waals surface area contributed by atoms with Crippen LogP contribution in [0.3, 0.4) is 0 Å². The third-order valence-corrected chi connectivity index (χ3v) is 4.63. The first kappa shape index (κ1) is 20.6. The Hall–Kier alpha value is -0.480. The average molecular weight is 361 g/mol. The molecule has 0 bridgehead atoms. The number of hydrogen-bond acceptors (Lipinski definition) is 3. The predicted octanol–water partition coefficient (Wildman–Crippen LogP) is 3.82. The SMILES string of the molecule is Cl.Cl.c1cc2c(cc1OCCCN1CCCCC1)CCCNC2. The minimum absolute atomic E-state index is 0. The number of halogens is 2. The number of nitrogens with one attached hydrogen (secondary N) is 1. The number of nitrogens with zero attached hydrogens (tertiary/aromatic N) is 1. The molecular weight excluding hydrogens is 331 g/mol. The molecule has 0 atom stereocenters. The van der Waals surface area contributed by atoms with Crippen LogP contribution in [0.4, 0.5) is 0 Å². The van der Waals surface area contributed by atoms with E-state index in [1.165, 1.54) is 62.9 Å². The monoisotopic (exact) mass is 360 g/mol. The summed E-state index contributed by atoms with van der Waals surface area (Å²) in [7, 11) is 0. The molecule has 2 aliphatic rings. The highest BCUT2D eigenvalue weighted by Crippen LogP contribution is 2.21. The Bertz CT molecular complexity index is 451. The van der Waals surface area contributed by atoms with Crippen molar-refractivity contribution in [2.24, 2.45) is 0 Å². The summed E-state index contributed by atoms with van der Waals surface area (Å²) in [4.78, 5) is 2.58. The van der Waals surface area contributed by atoms with E-state index in [-0.39, 0.29) is 24.8 Å². The maximum absolute atomic E-state index is 5.96. The maximum Gasteiger partial charge on any atom is 0.119 e. The van der Waals surface area contributed by atoms with Crippen molar-refractivity contribution in [3.63, 3.8) is 0 Å². The Morgan fingerprint density at radius 1 is 1.00 bits per heavy atom. The van der Waals surface area contributed by atoms with E-state index in [9.17, 15) is 0 Å². The first-order valence-corrected chi connectivity index (χ1v) is 8.59. The minimum atomic E-state index is 0. The lowest BCUT2D eigenvalue weighted by molar-refractivity contribution is 0.205. The van der Waals surface area contributed by atoms with Gasteiger partial charge < -0.3 is 15.0 Å². The highest BCUT2D eigenvalue weighted by atomic mass is 35.5. The number of likely N-dealkylation sites (tertiary alicyclic amines) is 1. The predicted molar refractivity (Wildman–Crippen MR) is 101 cm³/mol. The molecule has 3 nitrogen and oxygen atoms in total. The summed E-state index contributed by atoms with van der Waals surface area (Å²) in [6.07, 6.45) is 7.70. The second-order valence-electron chi connectivity index (χ2n) is 6.32. The molecule has 1 fully saturated rings. The van der Waals surface area contributed by atoms with Gasteiger partial charge in [-0.15, -0.1) is 24.8 Å². The average Bonchev–Trinajstić information content (AvgIpc) is 2.77. The van der Waals surface area contributed by atoms with Gasteiger partial charge in [0.2, 0.25) is 0 Å². The fourth-order valence-corrected chi connectivity index (χ4v) is 3.39. The summed E-state index contributed by atoms with van der Waals surface area (Å²) in [5.74, 6) is 1.05.